The Hall–Kier alpha value is -1.32. The summed E-state index contributed by atoms with van der Waals surface area (Å²) in [5, 5.41) is 3.25. The van der Waals surface area contributed by atoms with E-state index in [0.29, 0.717) is 29.7 Å². The number of rotatable bonds is 1. The van der Waals surface area contributed by atoms with E-state index in [1.807, 2.05) is 0 Å². The highest BCUT2D eigenvalue weighted by Crippen LogP contribution is 2.65. The summed E-state index contributed by atoms with van der Waals surface area (Å²) in [5.74, 6) is 3.55. The van der Waals surface area contributed by atoms with E-state index in [2.05, 4.69) is 37.1 Å². The van der Waals surface area contributed by atoms with Gasteiger partial charge < -0.3 is 10.2 Å². The fourth-order valence-corrected chi connectivity index (χ4v) is 8.19. The van der Waals surface area contributed by atoms with Gasteiger partial charge in [-0.15, -0.1) is 0 Å². The number of amides is 2. The summed E-state index contributed by atoms with van der Waals surface area (Å²) in [6, 6.07) is 0.291. The third-order valence-corrected chi connectivity index (χ3v) is 10.1. The second kappa shape index (κ2) is 6.85. The van der Waals surface area contributed by atoms with Crippen molar-refractivity contribution in [3.63, 3.8) is 0 Å². The summed E-state index contributed by atoms with van der Waals surface area (Å²) in [6.45, 7) is 9.07. The molecular weight excluding hydrogens is 360 g/mol. The predicted octanol–water partition coefficient (Wildman–Crippen LogP) is 4.16. The van der Waals surface area contributed by atoms with Crippen LogP contribution in [0.15, 0.2) is 12.2 Å². The first-order chi connectivity index (χ1) is 13.8. The van der Waals surface area contributed by atoms with Crippen molar-refractivity contribution in [2.24, 2.45) is 40.4 Å². The average Bonchev–Trinajstić information content (AvgIpc) is 3.06. The molecule has 3 saturated carbocycles. The van der Waals surface area contributed by atoms with Crippen molar-refractivity contribution < 1.29 is 9.59 Å². The van der Waals surface area contributed by atoms with Gasteiger partial charge in [-0.3, -0.25) is 9.59 Å². The molecule has 0 aromatic carbocycles. The SMILES string of the molecule is CC1CCN(C(=O)C2CC[C@H]3[C@@H]4CCC5NC(=O)C=C[C@]5(C)[C@@H]4CC[C@]23C)CC1. The van der Waals surface area contributed by atoms with Gasteiger partial charge in [0, 0.05) is 30.5 Å². The number of fused-ring (bicyclic) bond motifs is 5. The van der Waals surface area contributed by atoms with Crippen molar-refractivity contribution in [1.82, 2.24) is 10.2 Å². The Kier molecular flexibility index (Phi) is 4.64. The third kappa shape index (κ3) is 2.91. The van der Waals surface area contributed by atoms with Crippen LogP contribution < -0.4 is 5.32 Å². The molecule has 4 nitrogen and oxygen atoms in total. The molecule has 1 N–H and O–H groups in total. The van der Waals surface area contributed by atoms with E-state index >= 15 is 0 Å². The van der Waals surface area contributed by atoms with Crippen LogP contribution in [0.1, 0.15) is 72.1 Å². The first-order valence-corrected chi connectivity index (χ1v) is 12.1. The predicted molar refractivity (Wildman–Crippen MR) is 114 cm³/mol. The lowest BCUT2D eigenvalue weighted by Gasteiger charge is -2.58. The minimum absolute atomic E-state index is 0.0777. The Labute approximate surface area is 175 Å². The maximum atomic E-state index is 13.5. The van der Waals surface area contributed by atoms with Crippen molar-refractivity contribution in [2.75, 3.05) is 13.1 Å². The van der Waals surface area contributed by atoms with Gasteiger partial charge in [-0.05, 0) is 86.5 Å². The van der Waals surface area contributed by atoms with E-state index in [9.17, 15) is 9.59 Å². The smallest absolute Gasteiger partial charge is 0.243 e. The number of hydrogen-bond acceptors (Lipinski definition) is 2. The Morgan fingerprint density at radius 3 is 2.55 bits per heavy atom. The summed E-state index contributed by atoms with van der Waals surface area (Å²) >= 11 is 0. The zero-order valence-electron chi connectivity index (χ0n) is 18.5. The van der Waals surface area contributed by atoms with Crippen LogP contribution in [0.2, 0.25) is 0 Å². The molecule has 160 valence electrons. The van der Waals surface area contributed by atoms with Crippen LogP contribution in [0.4, 0.5) is 0 Å². The lowest BCUT2D eigenvalue weighted by Crippen LogP contribution is -2.59. The minimum Gasteiger partial charge on any atom is -0.349 e. The molecule has 1 saturated heterocycles. The minimum atomic E-state index is 0.0777. The Balaban J connectivity index is 1.36. The molecule has 2 heterocycles. The van der Waals surface area contributed by atoms with Crippen molar-refractivity contribution in [2.45, 2.75) is 78.2 Å². The molecule has 0 aromatic heterocycles. The molecular formula is C25H38N2O2. The molecule has 5 rings (SSSR count). The Bertz CT molecular complexity index is 724. The normalized spacial score (nSPS) is 47.2. The fourth-order valence-electron chi connectivity index (χ4n) is 8.19. The highest BCUT2D eigenvalue weighted by Gasteiger charge is 2.61. The summed E-state index contributed by atoms with van der Waals surface area (Å²) in [4.78, 5) is 27.6. The molecule has 3 aliphatic carbocycles. The third-order valence-electron chi connectivity index (χ3n) is 10.1. The number of carbonyl (C=O) groups excluding carboxylic acids is 2. The largest absolute Gasteiger partial charge is 0.349 e. The van der Waals surface area contributed by atoms with Crippen LogP contribution in [0.5, 0.6) is 0 Å². The lowest BCUT2D eigenvalue weighted by molar-refractivity contribution is -0.145. The topological polar surface area (TPSA) is 49.4 Å². The van der Waals surface area contributed by atoms with Crippen LogP contribution in [0.3, 0.4) is 0 Å². The van der Waals surface area contributed by atoms with Gasteiger partial charge in [0.25, 0.3) is 0 Å². The van der Waals surface area contributed by atoms with E-state index in [1.165, 1.54) is 38.5 Å². The molecule has 5 aliphatic rings. The van der Waals surface area contributed by atoms with E-state index in [0.717, 1.165) is 31.8 Å². The molecule has 0 aromatic rings. The maximum Gasteiger partial charge on any atom is 0.243 e. The number of likely N-dealkylation sites (tertiary alicyclic amines) is 1. The van der Waals surface area contributed by atoms with Gasteiger partial charge in [-0.2, -0.15) is 0 Å². The van der Waals surface area contributed by atoms with Crippen LogP contribution in [-0.2, 0) is 9.59 Å². The summed E-state index contributed by atoms with van der Waals surface area (Å²) in [7, 11) is 0. The van der Waals surface area contributed by atoms with E-state index in [1.54, 1.807) is 6.08 Å². The van der Waals surface area contributed by atoms with Crippen molar-refractivity contribution in [3.05, 3.63) is 12.2 Å². The number of carbonyl (C=O) groups is 2. The van der Waals surface area contributed by atoms with Crippen molar-refractivity contribution in [3.8, 4) is 0 Å². The van der Waals surface area contributed by atoms with Gasteiger partial charge in [-0.1, -0.05) is 26.8 Å². The van der Waals surface area contributed by atoms with Crippen LogP contribution >= 0.6 is 0 Å². The second-order valence-electron chi connectivity index (χ2n) is 11.4. The number of piperidine rings is 1. The quantitative estimate of drug-likeness (QED) is 0.721. The molecule has 0 radical (unpaired) electrons. The van der Waals surface area contributed by atoms with Crippen molar-refractivity contribution >= 4 is 11.8 Å². The highest BCUT2D eigenvalue weighted by molar-refractivity contribution is 5.89. The number of nitrogens with zero attached hydrogens (tertiary/aromatic N) is 1. The number of hydrogen-bond donors (Lipinski definition) is 1. The average molecular weight is 399 g/mol. The molecule has 4 fully saturated rings. The molecule has 4 heteroatoms. The molecule has 7 atom stereocenters. The number of nitrogens with one attached hydrogen (secondary N) is 1. The zero-order valence-corrected chi connectivity index (χ0v) is 18.5. The van der Waals surface area contributed by atoms with Crippen LogP contribution in [0.25, 0.3) is 0 Å². The standard InChI is InChI=1S/C25H38N2O2/c1-16-10-14-27(15-11-16)23(29)20-6-5-18-17-4-7-21-25(3,13-9-22(28)26-21)19(17)8-12-24(18,20)2/h9,13,16-21H,4-8,10-12,14-15H2,1-3H3,(H,26,28)/t17-,18-,19+,20?,21?,24-,25+/m0/s1. The van der Waals surface area contributed by atoms with Gasteiger partial charge in [0.1, 0.15) is 0 Å². The Morgan fingerprint density at radius 2 is 1.79 bits per heavy atom. The molecule has 2 aliphatic heterocycles. The first-order valence-electron chi connectivity index (χ1n) is 12.1. The molecule has 2 amide bonds. The zero-order chi connectivity index (χ0) is 20.4. The van der Waals surface area contributed by atoms with E-state index in [4.69, 9.17) is 0 Å². The summed E-state index contributed by atoms with van der Waals surface area (Å²) in [5.41, 5.74) is 0.259. The maximum absolute atomic E-state index is 13.5. The second-order valence-corrected chi connectivity index (χ2v) is 11.4. The van der Waals surface area contributed by atoms with E-state index in [-0.39, 0.29) is 22.7 Å². The van der Waals surface area contributed by atoms with Gasteiger partial charge >= 0.3 is 0 Å². The van der Waals surface area contributed by atoms with Crippen molar-refractivity contribution in [1.29, 1.82) is 0 Å². The van der Waals surface area contributed by atoms with Gasteiger partial charge in [0.15, 0.2) is 0 Å². The molecule has 0 bridgehead atoms. The summed E-state index contributed by atoms with van der Waals surface area (Å²) in [6.07, 6.45) is 13.3. The monoisotopic (exact) mass is 398 g/mol. The highest BCUT2D eigenvalue weighted by atomic mass is 16.2. The summed E-state index contributed by atoms with van der Waals surface area (Å²) < 4.78 is 0. The fraction of sp³-hybridized carbons (Fsp3) is 0.840. The molecule has 0 spiro atoms. The first kappa shape index (κ1) is 19.6. The van der Waals surface area contributed by atoms with Crippen LogP contribution in [0, 0.1) is 40.4 Å². The Morgan fingerprint density at radius 1 is 1.03 bits per heavy atom. The van der Waals surface area contributed by atoms with Gasteiger partial charge in [-0.25, -0.2) is 0 Å². The van der Waals surface area contributed by atoms with Gasteiger partial charge in [0.2, 0.25) is 11.8 Å². The van der Waals surface area contributed by atoms with Crippen LogP contribution in [-0.4, -0.2) is 35.8 Å². The molecule has 2 unspecified atom stereocenters. The lowest BCUT2D eigenvalue weighted by atomic mass is 9.48. The van der Waals surface area contributed by atoms with E-state index < -0.39 is 0 Å². The van der Waals surface area contributed by atoms with Gasteiger partial charge in [0.05, 0.1) is 0 Å². The molecule has 29 heavy (non-hydrogen) atoms.